The van der Waals surface area contributed by atoms with E-state index in [4.69, 9.17) is 4.74 Å². The Bertz CT molecular complexity index is 1080. The van der Waals surface area contributed by atoms with E-state index in [-0.39, 0.29) is 6.04 Å². The quantitative estimate of drug-likeness (QED) is 0.541. The van der Waals surface area contributed by atoms with Crippen LogP contribution in [0, 0.1) is 0 Å². The molecular formula is C21H25N5O2S2. The van der Waals surface area contributed by atoms with Crippen LogP contribution in [-0.4, -0.2) is 38.9 Å². The summed E-state index contributed by atoms with van der Waals surface area (Å²) in [5.41, 5.74) is 1.46. The van der Waals surface area contributed by atoms with E-state index in [0.29, 0.717) is 5.13 Å². The molecule has 2 aromatic heterocycles. The summed E-state index contributed by atoms with van der Waals surface area (Å²) in [4.78, 5) is 27.9. The SMILES string of the molecule is CSc1ccc2ncnc(NC3CCc4nc(NC(=O)OC(C)(C)C)sc4C3)c2c1. The predicted octanol–water partition coefficient (Wildman–Crippen LogP) is 5.12. The van der Waals surface area contributed by atoms with Gasteiger partial charge in [-0.1, -0.05) is 0 Å². The van der Waals surface area contributed by atoms with Crippen molar-refractivity contribution < 1.29 is 9.53 Å². The Hall–Kier alpha value is -2.39. The Morgan fingerprint density at radius 1 is 1.30 bits per heavy atom. The molecule has 9 heteroatoms. The molecule has 158 valence electrons. The molecule has 0 saturated carbocycles. The van der Waals surface area contributed by atoms with E-state index in [9.17, 15) is 4.79 Å². The van der Waals surface area contributed by atoms with Crippen LogP contribution < -0.4 is 10.6 Å². The fourth-order valence-corrected chi connectivity index (χ4v) is 4.93. The fourth-order valence-electron chi connectivity index (χ4n) is 3.41. The van der Waals surface area contributed by atoms with Gasteiger partial charge < -0.3 is 10.1 Å². The van der Waals surface area contributed by atoms with Crippen molar-refractivity contribution in [3.8, 4) is 0 Å². The van der Waals surface area contributed by atoms with Crippen LogP contribution in [0.1, 0.15) is 37.8 Å². The van der Waals surface area contributed by atoms with E-state index in [2.05, 4.69) is 44.0 Å². The average Bonchev–Trinajstić information content (AvgIpc) is 3.07. The maximum atomic E-state index is 12.0. The first-order chi connectivity index (χ1) is 14.3. The first kappa shape index (κ1) is 20.9. The third-order valence-electron chi connectivity index (χ3n) is 4.73. The lowest BCUT2D eigenvalue weighted by Crippen LogP contribution is -2.27. The highest BCUT2D eigenvalue weighted by Gasteiger charge is 2.25. The molecule has 7 nitrogen and oxygen atoms in total. The van der Waals surface area contributed by atoms with E-state index >= 15 is 0 Å². The van der Waals surface area contributed by atoms with Crippen LogP contribution in [0.5, 0.6) is 0 Å². The molecule has 1 aromatic carbocycles. The number of hydrogen-bond acceptors (Lipinski definition) is 8. The number of nitrogens with zero attached hydrogens (tertiary/aromatic N) is 3. The number of nitrogens with one attached hydrogen (secondary N) is 2. The molecule has 0 radical (unpaired) electrons. The topological polar surface area (TPSA) is 89.0 Å². The van der Waals surface area contributed by atoms with Gasteiger partial charge in [-0.15, -0.1) is 23.1 Å². The molecule has 3 aromatic rings. The number of aryl methyl sites for hydroxylation is 1. The van der Waals surface area contributed by atoms with E-state index in [1.807, 2.05) is 26.8 Å². The Balaban J connectivity index is 1.47. The number of aromatic nitrogens is 3. The molecule has 0 bridgehead atoms. The second-order valence-corrected chi connectivity index (χ2v) is 10.2. The monoisotopic (exact) mass is 443 g/mol. The smallest absolute Gasteiger partial charge is 0.413 e. The first-order valence-corrected chi connectivity index (χ1v) is 11.9. The van der Waals surface area contributed by atoms with E-state index in [0.717, 1.165) is 41.7 Å². The molecule has 2 N–H and O–H groups in total. The number of rotatable bonds is 4. The molecular weight excluding hydrogens is 418 g/mol. The van der Waals surface area contributed by atoms with Crippen LogP contribution in [0.3, 0.4) is 0 Å². The summed E-state index contributed by atoms with van der Waals surface area (Å²) in [6, 6.07) is 6.49. The highest BCUT2D eigenvalue weighted by Crippen LogP contribution is 2.32. The third kappa shape index (κ3) is 4.84. The Labute approximate surface area is 184 Å². The van der Waals surface area contributed by atoms with Crippen LogP contribution >= 0.6 is 23.1 Å². The van der Waals surface area contributed by atoms with Gasteiger partial charge in [0.1, 0.15) is 17.7 Å². The second-order valence-electron chi connectivity index (χ2n) is 8.21. The minimum atomic E-state index is -0.535. The number of amides is 1. The number of thioether (sulfide) groups is 1. The molecule has 0 aliphatic heterocycles. The second kappa shape index (κ2) is 8.39. The zero-order chi connectivity index (χ0) is 21.3. The lowest BCUT2D eigenvalue weighted by atomic mass is 9.97. The summed E-state index contributed by atoms with van der Waals surface area (Å²) in [7, 11) is 0. The van der Waals surface area contributed by atoms with Crippen molar-refractivity contribution >= 4 is 51.0 Å². The van der Waals surface area contributed by atoms with Gasteiger partial charge in [-0.2, -0.15) is 0 Å². The summed E-state index contributed by atoms with van der Waals surface area (Å²) >= 11 is 3.22. The van der Waals surface area contributed by atoms with Gasteiger partial charge >= 0.3 is 6.09 Å². The molecule has 0 saturated heterocycles. The number of carbonyl (C=O) groups excluding carboxylic acids is 1. The van der Waals surface area contributed by atoms with Crippen molar-refractivity contribution in [3.05, 3.63) is 35.1 Å². The lowest BCUT2D eigenvalue weighted by molar-refractivity contribution is 0.0636. The van der Waals surface area contributed by atoms with Crippen LogP contribution in [0.15, 0.2) is 29.4 Å². The first-order valence-electron chi connectivity index (χ1n) is 9.84. The zero-order valence-corrected chi connectivity index (χ0v) is 19.1. The number of anilines is 2. The van der Waals surface area contributed by atoms with Crippen molar-refractivity contribution in [2.75, 3.05) is 16.9 Å². The van der Waals surface area contributed by atoms with E-state index < -0.39 is 11.7 Å². The Morgan fingerprint density at radius 2 is 2.13 bits per heavy atom. The van der Waals surface area contributed by atoms with Gasteiger partial charge in [-0.05, 0) is 58.1 Å². The zero-order valence-electron chi connectivity index (χ0n) is 17.5. The standard InChI is InChI=1S/C21H25N5O2S2/c1-21(2,3)28-20(27)26-19-25-16-7-5-12(9-17(16)30-19)24-18-14-10-13(29-4)6-8-15(14)22-11-23-18/h6,8,10-12H,5,7,9H2,1-4H3,(H,22,23,24)(H,25,26,27). The summed E-state index contributed by atoms with van der Waals surface area (Å²) < 4.78 is 5.32. The van der Waals surface area contributed by atoms with Crippen LogP contribution in [0.4, 0.5) is 15.7 Å². The fraction of sp³-hybridized carbons (Fsp3) is 0.429. The predicted molar refractivity (Wildman–Crippen MR) is 123 cm³/mol. The van der Waals surface area contributed by atoms with Gasteiger partial charge in [0.2, 0.25) is 0 Å². The maximum Gasteiger partial charge on any atom is 0.413 e. The van der Waals surface area contributed by atoms with Crippen LogP contribution in [0.25, 0.3) is 10.9 Å². The van der Waals surface area contributed by atoms with Gasteiger partial charge in [0.15, 0.2) is 5.13 Å². The van der Waals surface area contributed by atoms with Gasteiger partial charge in [-0.25, -0.2) is 19.7 Å². The number of fused-ring (bicyclic) bond motifs is 2. The molecule has 0 spiro atoms. The molecule has 1 aliphatic rings. The molecule has 4 rings (SSSR count). The molecule has 30 heavy (non-hydrogen) atoms. The summed E-state index contributed by atoms with van der Waals surface area (Å²) in [6.07, 6.45) is 5.85. The molecule has 2 heterocycles. The van der Waals surface area contributed by atoms with E-state index in [1.54, 1.807) is 18.1 Å². The summed E-state index contributed by atoms with van der Waals surface area (Å²) in [6.45, 7) is 5.53. The maximum absolute atomic E-state index is 12.0. The van der Waals surface area contributed by atoms with Crippen molar-refractivity contribution in [1.82, 2.24) is 15.0 Å². The van der Waals surface area contributed by atoms with Gasteiger partial charge in [0, 0.05) is 27.6 Å². The number of hydrogen-bond donors (Lipinski definition) is 2. The normalized spacial score (nSPS) is 16.2. The molecule has 1 aliphatic carbocycles. The Kier molecular flexibility index (Phi) is 5.84. The summed E-state index contributed by atoms with van der Waals surface area (Å²) in [5, 5.41) is 7.99. The van der Waals surface area contributed by atoms with Crippen molar-refractivity contribution in [3.63, 3.8) is 0 Å². The van der Waals surface area contributed by atoms with Crippen LogP contribution in [0.2, 0.25) is 0 Å². The highest BCUT2D eigenvalue weighted by atomic mass is 32.2. The molecule has 1 amide bonds. The number of ether oxygens (including phenoxy) is 1. The Morgan fingerprint density at radius 3 is 2.90 bits per heavy atom. The number of carbonyl (C=O) groups is 1. The third-order valence-corrected chi connectivity index (χ3v) is 6.49. The van der Waals surface area contributed by atoms with Crippen molar-refractivity contribution in [2.45, 2.75) is 56.6 Å². The van der Waals surface area contributed by atoms with Gasteiger partial charge in [0.05, 0.1) is 11.2 Å². The van der Waals surface area contributed by atoms with Crippen molar-refractivity contribution in [1.29, 1.82) is 0 Å². The largest absolute Gasteiger partial charge is 0.444 e. The van der Waals surface area contributed by atoms with Gasteiger partial charge in [-0.3, -0.25) is 5.32 Å². The summed E-state index contributed by atoms with van der Waals surface area (Å²) in [5.74, 6) is 0.862. The average molecular weight is 444 g/mol. The molecule has 1 unspecified atom stereocenters. The van der Waals surface area contributed by atoms with Crippen molar-refractivity contribution in [2.24, 2.45) is 0 Å². The number of thiazole rings is 1. The van der Waals surface area contributed by atoms with Crippen LogP contribution in [-0.2, 0) is 17.6 Å². The molecule has 1 atom stereocenters. The number of benzene rings is 1. The lowest BCUT2D eigenvalue weighted by Gasteiger charge is -2.23. The molecule has 0 fully saturated rings. The van der Waals surface area contributed by atoms with E-state index in [1.165, 1.54) is 21.1 Å². The minimum absolute atomic E-state index is 0.253. The minimum Gasteiger partial charge on any atom is -0.444 e. The van der Waals surface area contributed by atoms with Gasteiger partial charge in [0.25, 0.3) is 0 Å². The highest BCUT2D eigenvalue weighted by molar-refractivity contribution is 7.98.